The highest BCUT2D eigenvalue weighted by molar-refractivity contribution is 5.30. The summed E-state index contributed by atoms with van der Waals surface area (Å²) in [7, 11) is 0. The predicted octanol–water partition coefficient (Wildman–Crippen LogP) is 11.2. The summed E-state index contributed by atoms with van der Waals surface area (Å²) in [6.07, 6.45) is 12.8. The van der Waals surface area contributed by atoms with Crippen LogP contribution in [0.3, 0.4) is 0 Å². The lowest BCUT2D eigenvalue weighted by Crippen LogP contribution is -2.37. The van der Waals surface area contributed by atoms with Gasteiger partial charge in [0.2, 0.25) is 0 Å². The Morgan fingerprint density at radius 2 is 1.29 bits per heavy atom. The Kier molecular flexibility index (Phi) is 9.94. The smallest absolute Gasteiger partial charge is 0.400 e. The minimum atomic E-state index is -3.69. The van der Waals surface area contributed by atoms with Crippen molar-refractivity contribution in [3.05, 3.63) is 76.9 Å². The van der Waals surface area contributed by atoms with Gasteiger partial charge >= 0.3 is 6.11 Å². The summed E-state index contributed by atoms with van der Waals surface area (Å²) in [6.45, 7) is 2.18. The van der Waals surface area contributed by atoms with Crippen LogP contribution in [0.1, 0.15) is 113 Å². The Morgan fingerprint density at radius 3 is 1.86 bits per heavy atom. The van der Waals surface area contributed by atoms with Crippen molar-refractivity contribution in [1.82, 2.24) is 0 Å². The Bertz CT molecular complexity index is 1190. The molecule has 0 spiro atoms. The van der Waals surface area contributed by atoms with Crippen molar-refractivity contribution in [2.75, 3.05) is 0 Å². The third kappa shape index (κ3) is 7.19. The van der Waals surface area contributed by atoms with Crippen LogP contribution in [0.25, 0.3) is 0 Å². The molecule has 0 amide bonds. The van der Waals surface area contributed by atoms with Gasteiger partial charge in [-0.15, -0.1) is 0 Å². The third-order valence-electron chi connectivity index (χ3n) is 10.2. The summed E-state index contributed by atoms with van der Waals surface area (Å²) < 4.78 is 89.6. The molecule has 3 aliphatic carbocycles. The molecule has 2 aromatic carbocycles. The second kappa shape index (κ2) is 13.5. The molecule has 0 unspecified atom stereocenters. The molecule has 3 saturated carbocycles. The van der Waals surface area contributed by atoms with Gasteiger partial charge in [-0.05, 0) is 130 Å². The monoisotopic (exact) mass is 592 g/mol. The van der Waals surface area contributed by atoms with E-state index in [9.17, 15) is 22.0 Å². The number of rotatable bonds is 8. The first-order valence-corrected chi connectivity index (χ1v) is 15.8. The normalized spacial score (nSPS) is 29.1. The highest BCUT2D eigenvalue weighted by Crippen LogP contribution is 2.46. The van der Waals surface area contributed by atoms with Crippen LogP contribution < -0.4 is 4.74 Å². The first-order chi connectivity index (χ1) is 20.1. The summed E-state index contributed by atoms with van der Waals surface area (Å²) in [6, 6.07) is 6.35. The maximum absolute atomic E-state index is 15.3. The molecule has 3 aliphatic rings. The van der Waals surface area contributed by atoms with E-state index < -0.39 is 35.2 Å². The van der Waals surface area contributed by atoms with Gasteiger partial charge in [-0.2, -0.15) is 8.78 Å². The quantitative estimate of drug-likeness (QED) is 0.168. The topological polar surface area (TPSA) is 9.23 Å². The minimum absolute atomic E-state index is 0.0752. The molecule has 0 aliphatic heterocycles. The van der Waals surface area contributed by atoms with Crippen molar-refractivity contribution in [3.8, 4) is 5.75 Å². The van der Waals surface area contributed by atoms with Crippen molar-refractivity contribution < 1.29 is 31.1 Å². The van der Waals surface area contributed by atoms with Crippen LogP contribution in [-0.4, -0.2) is 6.11 Å². The number of hydrogen-bond donors (Lipinski definition) is 0. The van der Waals surface area contributed by atoms with Gasteiger partial charge in [0.05, 0.1) is 5.92 Å². The Balaban J connectivity index is 1.11. The Hall–Kier alpha value is -2.44. The van der Waals surface area contributed by atoms with Gasteiger partial charge in [-0.1, -0.05) is 31.2 Å². The molecule has 2 aromatic rings. The molecule has 0 aromatic heterocycles. The third-order valence-corrected chi connectivity index (χ3v) is 10.2. The predicted molar refractivity (Wildman–Crippen MR) is 153 cm³/mol. The molecule has 3 fully saturated rings. The molecule has 42 heavy (non-hydrogen) atoms. The standard InChI is InChI=1S/C35H42F6O/c1-2-3-4-22-5-7-23(8-6-22)24-9-11-25(12-10-24)27-15-18-30(31(36)19-27)26-13-16-28(17-14-26)35(40,41)42-29-20-32(37)34(39)33(38)21-29/h3-4,15,18-26,28H,2,5-14,16-17H2,1H3. The van der Waals surface area contributed by atoms with Crippen molar-refractivity contribution >= 4 is 0 Å². The van der Waals surface area contributed by atoms with Gasteiger partial charge in [0.25, 0.3) is 0 Å². The SMILES string of the molecule is CCC=CC1CCC(C2CCC(c3ccc(C4CCC(C(F)(F)Oc5cc(F)c(F)c(F)c5)CC4)c(F)c3)CC2)CC1. The van der Waals surface area contributed by atoms with Crippen LogP contribution in [0.5, 0.6) is 5.75 Å². The van der Waals surface area contributed by atoms with Gasteiger partial charge in [0.1, 0.15) is 11.6 Å². The average Bonchev–Trinajstić information content (AvgIpc) is 2.99. The first-order valence-electron chi connectivity index (χ1n) is 15.8. The van der Waals surface area contributed by atoms with E-state index in [0.717, 1.165) is 42.6 Å². The molecule has 0 saturated heterocycles. The molecule has 0 radical (unpaired) electrons. The molecule has 0 N–H and O–H groups in total. The molecule has 1 nitrogen and oxygen atoms in total. The minimum Gasteiger partial charge on any atom is -0.432 e. The summed E-state index contributed by atoms with van der Waals surface area (Å²) in [4.78, 5) is 0. The lowest BCUT2D eigenvalue weighted by molar-refractivity contribution is -0.222. The molecule has 5 rings (SSSR count). The van der Waals surface area contributed by atoms with E-state index in [4.69, 9.17) is 0 Å². The molecule has 0 atom stereocenters. The molecule has 230 valence electrons. The second-order valence-corrected chi connectivity index (χ2v) is 12.8. The van der Waals surface area contributed by atoms with Gasteiger partial charge in [0, 0.05) is 12.1 Å². The van der Waals surface area contributed by atoms with Crippen molar-refractivity contribution in [2.45, 2.75) is 108 Å². The van der Waals surface area contributed by atoms with E-state index in [2.05, 4.69) is 23.8 Å². The fourth-order valence-corrected chi connectivity index (χ4v) is 7.76. The summed E-state index contributed by atoms with van der Waals surface area (Å²) in [5, 5.41) is 0. The number of hydrogen-bond acceptors (Lipinski definition) is 1. The summed E-state index contributed by atoms with van der Waals surface area (Å²) in [5.41, 5.74) is 1.60. The number of ether oxygens (including phenoxy) is 1. The van der Waals surface area contributed by atoms with E-state index in [0.29, 0.717) is 36.5 Å². The van der Waals surface area contributed by atoms with Gasteiger partial charge in [0.15, 0.2) is 17.5 Å². The molecular weight excluding hydrogens is 550 g/mol. The summed E-state index contributed by atoms with van der Waals surface area (Å²) >= 11 is 0. The Labute approximate surface area is 245 Å². The fourth-order valence-electron chi connectivity index (χ4n) is 7.76. The zero-order chi connectivity index (χ0) is 29.9. The lowest BCUT2D eigenvalue weighted by Gasteiger charge is -2.37. The van der Waals surface area contributed by atoms with E-state index in [1.165, 1.54) is 38.5 Å². The number of allylic oxidation sites excluding steroid dienone is 2. The molecule has 7 heteroatoms. The second-order valence-electron chi connectivity index (χ2n) is 12.8. The largest absolute Gasteiger partial charge is 0.432 e. The van der Waals surface area contributed by atoms with Crippen LogP contribution in [-0.2, 0) is 0 Å². The van der Waals surface area contributed by atoms with Crippen LogP contribution in [0.15, 0.2) is 42.5 Å². The van der Waals surface area contributed by atoms with E-state index in [1.807, 2.05) is 12.1 Å². The highest BCUT2D eigenvalue weighted by Gasteiger charge is 2.44. The maximum atomic E-state index is 15.3. The van der Waals surface area contributed by atoms with Crippen LogP contribution >= 0.6 is 0 Å². The zero-order valence-electron chi connectivity index (χ0n) is 24.4. The van der Waals surface area contributed by atoms with Gasteiger partial charge < -0.3 is 4.74 Å². The zero-order valence-corrected chi connectivity index (χ0v) is 24.4. The van der Waals surface area contributed by atoms with Crippen molar-refractivity contribution in [1.29, 1.82) is 0 Å². The molecule has 0 heterocycles. The maximum Gasteiger partial charge on any atom is 0.400 e. The van der Waals surface area contributed by atoms with Crippen LogP contribution in [0.2, 0.25) is 0 Å². The lowest BCUT2D eigenvalue weighted by atomic mass is 9.68. The fraction of sp³-hybridized carbons (Fsp3) is 0.600. The molecular formula is C35H42F6O. The van der Waals surface area contributed by atoms with Crippen LogP contribution in [0.4, 0.5) is 26.3 Å². The van der Waals surface area contributed by atoms with Crippen molar-refractivity contribution in [2.24, 2.45) is 23.7 Å². The van der Waals surface area contributed by atoms with E-state index >= 15 is 4.39 Å². The first kappa shape index (κ1) is 31.0. The van der Waals surface area contributed by atoms with Gasteiger partial charge in [-0.25, -0.2) is 17.6 Å². The van der Waals surface area contributed by atoms with Crippen LogP contribution in [0, 0.1) is 46.9 Å². The number of benzene rings is 2. The van der Waals surface area contributed by atoms with E-state index in [-0.39, 0.29) is 24.6 Å². The highest BCUT2D eigenvalue weighted by atomic mass is 19.3. The Morgan fingerprint density at radius 1 is 0.714 bits per heavy atom. The average molecular weight is 593 g/mol. The van der Waals surface area contributed by atoms with Gasteiger partial charge in [-0.3, -0.25) is 0 Å². The summed E-state index contributed by atoms with van der Waals surface area (Å²) in [5.74, 6) is -4.60. The number of alkyl halides is 2. The van der Waals surface area contributed by atoms with Crippen molar-refractivity contribution in [3.63, 3.8) is 0 Å². The molecule has 0 bridgehead atoms. The van der Waals surface area contributed by atoms with E-state index in [1.54, 1.807) is 6.07 Å². The number of halogens is 6.